The van der Waals surface area contributed by atoms with E-state index in [1.54, 1.807) is 0 Å². The number of aryl methyl sites for hydroxylation is 1. The molecule has 1 aliphatic rings. The van der Waals surface area contributed by atoms with E-state index < -0.39 is 0 Å². The van der Waals surface area contributed by atoms with Crippen molar-refractivity contribution in [2.45, 2.75) is 25.5 Å². The first-order valence-corrected chi connectivity index (χ1v) is 9.01. The van der Waals surface area contributed by atoms with Gasteiger partial charge in [-0.15, -0.1) is 0 Å². The van der Waals surface area contributed by atoms with Gasteiger partial charge < -0.3 is 10.6 Å². The van der Waals surface area contributed by atoms with Crippen molar-refractivity contribution in [1.29, 1.82) is 0 Å². The lowest BCUT2D eigenvalue weighted by Gasteiger charge is -2.21. The zero-order chi connectivity index (χ0) is 13.5. The highest BCUT2D eigenvalue weighted by atomic mass is 32.2. The molecule has 0 saturated carbocycles. The van der Waals surface area contributed by atoms with Gasteiger partial charge >= 0.3 is 0 Å². The van der Waals surface area contributed by atoms with Crippen LogP contribution in [0.25, 0.3) is 0 Å². The van der Waals surface area contributed by atoms with Gasteiger partial charge in [0.1, 0.15) is 17.5 Å². The van der Waals surface area contributed by atoms with Gasteiger partial charge in [0.05, 0.1) is 0 Å². The van der Waals surface area contributed by atoms with Crippen LogP contribution < -0.4 is 10.6 Å². The summed E-state index contributed by atoms with van der Waals surface area (Å²) in [6.07, 6.45) is 1.10. The Labute approximate surface area is 123 Å². The average Bonchev–Trinajstić information content (AvgIpc) is 2.43. The van der Waals surface area contributed by atoms with Crippen LogP contribution in [0.2, 0.25) is 0 Å². The molecule has 2 N–H and O–H groups in total. The minimum Gasteiger partial charge on any atom is -0.370 e. The molecular weight excluding hydrogens is 276 g/mol. The zero-order valence-corrected chi connectivity index (χ0v) is 13.2. The van der Waals surface area contributed by atoms with E-state index in [-0.39, 0.29) is 0 Å². The topological polar surface area (TPSA) is 49.8 Å². The summed E-state index contributed by atoms with van der Waals surface area (Å²) in [7, 11) is 0. The molecule has 1 aromatic rings. The standard InChI is InChI=1S/C13H22N4S2/c1-3-4-14-12-7-13(17-10(2)16-12)15-8-11-9-18-5-6-19-11/h7,11H,3-6,8-9H2,1-2H3,(H2,14,15,16,17). The van der Waals surface area contributed by atoms with Gasteiger partial charge in [0.15, 0.2) is 0 Å². The van der Waals surface area contributed by atoms with Crippen molar-refractivity contribution in [2.75, 3.05) is 41.0 Å². The summed E-state index contributed by atoms with van der Waals surface area (Å²) in [5, 5.41) is 7.46. The van der Waals surface area contributed by atoms with Crippen LogP contribution in [0, 0.1) is 6.92 Å². The van der Waals surface area contributed by atoms with Crippen LogP contribution in [-0.2, 0) is 0 Å². The van der Waals surface area contributed by atoms with Gasteiger partial charge in [-0.1, -0.05) is 6.92 Å². The normalized spacial score (nSPS) is 19.2. The van der Waals surface area contributed by atoms with Crippen LogP contribution in [0.15, 0.2) is 6.07 Å². The third-order valence-electron chi connectivity index (χ3n) is 2.79. The molecule has 0 spiro atoms. The predicted molar refractivity (Wildman–Crippen MR) is 87.6 cm³/mol. The van der Waals surface area contributed by atoms with Crippen molar-refractivity contribution < 1.29 is 0 Å². The molecule has 1 fully saturated rings. The average molecular weight is 298 g/mol. The summed E-state index contributed by atoms with van der Waals surface area (Å²) in [6, 6.07) is 2.00. The summed E-state index contributed by atoms with van der Waals surface area (Å²) < 4.78 is 0. The van der Waals surface area contributed by atoms with Crippen molar-refractivity contribution in [3.05, 3.63) is 11.9 Å². The largest absolute Gasteiger partial charge is 0.370 e. The van der Waals surface area contributed by atoms with E-state index in [4.69, 9.17) is 0 Å². The predicted octanol–water partition coefficient (Wildman–Crippen LogP) is 2.87. The van der Waals surface area contributed by atoms with Crippen LogP contribution in [0.3, 0.4) is 0 Å². The molecule has 1 saturated heterocycles. The fraction of sp³-hybridized carbons (Fsp3) is 0.692. The first kappa shape index (κ1) is 14.8. The molecule has 4 nitrogen and oxygen atoms in total. The second kappa shape index (κ2) is 7.85. The molecule has 0 radical (unpaired) electrons. The molecule has 2 heterocycles. The number of hydrogen-bond donors (Lipinski definition) is 2. The van der Waals surface area contributed by atoms with Gasteiger partial charge in [0.2, 0.25) is 0 Å². The highest BCUT2D eigenvalue weighted by molar-refractivity contribution is 8.06. The van der Waals surface area contributed by atoms with Crippen LogP contribution in [0.5, 0.6) is 0 Å². The Kier molecular flexibility index (Phi) is 6.10. The third kappa shape index (κ3) is 5.10. The van der Waals surface area contributed by atoms with Gasteiger partial charge in [-0.05, 0) is 13.3 Å². The summed E-state index contributed by atoms with van der Waals surface area (Å²) in [5.74, 6) is 6.46. The van der Waals surface area contributed by atoms with Gasteiger partial charge in [-0.25, -0.2) is 9.97 Å². The molecule has 1 unspecified atom stereocenters. The number of thioether (sulfide) groups is 2. The van der Waals surface area contributed by atoms with Crippen LogP contribution in [-0.4, -0.2) is 45.6 Å². The monoisotopic (exact) mass is 298 g/mol. The van der Waals surface area contributed by atoms with Crippen LogP contribution in [0.4, 0.5) is 11.6 Å². The number of nitrogens with one attached hydrogen (secondary N) is 2. The van der Waals surface area contributed by atoms with Gasteiger partial charge in [-0.2, -0.15) is 23.5 Å². The summed E-state index contributed by atoms with van der Waals surface area (Å²) >= 11 is 4.11. The molecule has 0 amide bonds. The number of anilines is 2. The molecule has 1 aliphatic heterocycles. The third-order valence-corrected chi connectivity index (χ3v) is 5.63. The van der Waals surface area contributed by atoms with E-state index in [0.717, 1.165) is 37.0 Å². The van der Waals surface area contributed by atoms with Crippen molar-refractivity contribution in [3.63, 3.8) is 0 Å². The Balaban J connectivity index is 1.89. The highest BCUT2D eigenvalue weighted by Gasteiger charge is 2.14. The summed E-state index contributed by atoms with van der Waals surface area (Å²) in [6.45, 7) is 6.03. The van der Waals surface area contributed by atoms with E-state index >= 15 is 0 Å². The molecule has 106 valence electrons. The molecule has 1 atom stereocenters. The first-order valence-electron chi connectivity index (χ1n) is 6.80. The lowest BCUT2D eigenvalue weighted by molar-refractivity contribution is 0.944. The maximum Gasteiger partial charge on any atom is 0.131 e. The lowest BCUT2D eigenvalue weighted by atomic mass is 10.4. The SMILES string of the molecule is CCCNc1cc(NCC2CSCCS2)nc(C)n1. The van der Waals surface area contributed by atoms with Crippen LogP contribution in [0.1, 0.15) is 19.2 Å². The molecule has 2 rings (SSSR count). The lowest BCUT2D eigenvalue weighted by Crippen LogP contribution is -2.23. The molecule has 0 bridgehead atoms. The highest BCUT2D eigenvalue weighted by Crippen LogP contribution is 2.24. The van der Waals surface area contributed by atoms with Gasteiger partial charge in [-0.3, -0.25) is 0 Å². The molecule has 1 aromatic heterocycles. The van der Waals surface area contributed by atoms with E-state index in [2.05, 4.69) is 39.3 Å². The fourth-order valence-corrected chi connectivity index (χ4v) is 4.49. The maximum absolute atomic E-state index is 4.45. The van der Waals surface area contributed by atoms with Crippen molar-refractivity contribution >= 4 is 35.2 Å². The van der Waals surface area contributed by atoms with Gasteiger partial charge in [0, 0.05) is 41.7 Å². The van der Waals surface area contributed by atoms with Crippen LogP contribution >= 0.6 is 23.5 Å². The Morgan fingerprint density at radius 2 is 2.05 bits per heavy atom. The zero-order valence-electron chi connectivity index (χ0n) is 11.6. The number of aromatic nitrogens is 2. The Bertz CT molecular complexity index is 394. The quantitative estimate of drug-likeness (QED) is 0.842. The second-order valence-electron chi connectivity index (χ2n) is 4.56. The van der Waals surface area contributed by atoms with Crippen molar-refractivity contribution in [3.8, 4) is 0 Å². The fourth-order valence-electron chi connectivity index (χ4n) is 1.87. The molecule has 0 aliphatic carbocycles. The Hall–Kier alpha value is -0.620. The Morgan fingerprint density at radius 1 is 1.26 bits per heavy atom. The second-order valence-corrected chi connectivity index (χ2v) is 7.12. The first-order chi connectivity index (χ1) is 9.28. The number of hydrogen-bond acceptors (Lipinski definition) is 6. The number of rotatable bonds is 6. The Morgan fingerprint density at radius 3 is 2.74 bits per heavy atom. The minimum absolute atomic E-state index is 0.695. The van der Waals surface area contributed by atoms with Gasteiger partial charge in [0.25, 0.3) is 0 Å². The van der Waals surface area contributed by atoms with Crippen molar-refractivity contribution in [1.82, 2.24) is 9.97 Å². The molecular formula is C13H22N4S2. The summed E-state index contributed by atoms with van der Waals surface area (Å²) in [4.78, 5) is 8.84. The van der Waals surface area contributed by atoms with Crippen molar-refractivity contribution in [2.24, 2.45) is 0 Å². The van der Waals surface area contributed by atoms with E-state index in [9.17, 15) is 0 Å². The molecule has 0 aromatic carbocycles. The maximum atomic E-state index is 4.45. The van der Waals surface area contributed by atoms with E-state index in [1.807, 2.05) is 24.8 Å². The summed E-state index contributed by atoms with van der Waals surface area (Å²) in [5.41, 5.74) is 0. The minimum atomic E-state index is 0.695. The molecule has 19 heavy (non-hydrogen) atoms. The van der Waals surface area contributed by atoms with E-state index in [0.29, 0.717) is 5.25 Å². The smallest absolute Gasteiger partial charge is 0.131 e. The van der Waals surface area contributed by atoms with E-state index in [1.165, 1.54) is 17.3 Å². The molecule has 6 heteroatoms. The number of nitrogens with zero attached hydrogens (tertiary/aromatic N) is 2.